The molecule has 94 valence electrons. The number of nitrogens with zero attached hydrogens (tertiary/aromatic N) is 2. The van der Waals surface area contributed by atoms with Crippen molar-refractivity contribution in [3.05, 3.63) is 41.4 Å². The highest BCUT2D eigenvalue weighted by atomic mass is 35.5. The molecular weight excluding hydrogens is 255 g/mol. The average molecular weight is 267 g/mol. The van der Waals surface area contributed by atoms with Crippen molar-refractivity contribution in [2.75, 3.05) is 17.2 Å². The van der Waals surface area contributed by atoms with Crippen molar-refractivity contribution < 1.29 is 4.39 Å². The molecular formula is C12H12ClFN4. The fourth-order valence-electron chi connectivity index (χ4n) is 1.43. The Morgan fingerprint density at radius 1 is 1.22 bits per heavy atom. The highest BCUT2D eigenvalue weighted by molar-refractivity contribution is 6.33. The van der Waals surface area contributed by atoms with Crippen molar-refractivity contribution in [1.82, 2.24) is 9.97 Å². The van der Waals surface area contributed by atoms with Gasteiger partial charge in [0.2, 0.25) is 0 Å². The van der Waals surface area contributed by atoms with Gasteiger partial charge in [-0.05, 0) is 25.1 Å². The first-order chi connectivity index (χ1) is 8.69. The first kappa shape index (κ1) is 12.6. The zero-order valence-electron chi connectivity index (χ0n) is 9.74. The third-order valence-corrected chi connectivity index (χ3v) is 2.55. The van der Waals surface area contributed by atoms with Gasteiger partial charge in [-0.1, -0.05) is 11.6 Å². The second-order valence-corrected chi connectivity index (χ2v) is 3.98. The zero-order valence-corrected chi connectivity index (χ0v) is 10.5. The zero-order chi connectivity index (χ0) is 13.0. The Kier molecular flexibility index (Phi) is 3.94. The lowest BCUT2D eigenvalue weighted by Gasteiger charge is -2.09. The van der Waals surface area contributed by atoms with Crippen LogP contribution >= 0.6 is 11.6 Å². The molecule has 0 aliphatic rings. The lowest BCUT2D eigenvalue weighted by atomic mass is 10.3. The average Bonchev–Trinajstić information content (AvgIpc) is 2.35. The molecule has 0 aliphatic carbocycles. The number of aromatic nitrogens is 2. The Morgan fingerprint density at radius 2 is 2.00 bits per heavy atom. The summed E-state index contributed by atoms with van der Waals surface area (Å²) >= 11 is 5.96. The maximum Gasteiger partial charge on any atom is 0.135 e. The van der Waals surface area contributed by atoms with Crippen LogP contribution in [0.15, 0.2) is 30.6 Å². The maximum atomic E-state index is 13.1. The lowest BCUT2D eigenvalue weighted by molar-refractivity contribution is 0.628. The molecule has 0 radical (unpaired) electrons. The fraction of sp³-hybridized carbons (Fsp3) is 0.167. The van der Waals surface area contributed by atoms with E-state index in [1.165, 1.54) is 24.5 Å². The Bertz CT molecular complexity index is 547. The second-order valence-electron chi connectivity index (χ2n) is 3.57. The SMILES string of the molecule is CCNc1cc(Nc2cc(F)ccc2Cl)ncn1. The van der Waals surface area contributed by atoms with Gasteiger partial charge in [0.1, 0.15) is 23.8 Å². The fourth-order valence-corrected chi connectivity index (χ4v) is 1.60. The van der Waals surface area contributed by atoms with Crippen LogP contribution in [0, 0.1) is 5.82 Å². The van der Waals surface area contributed by atoms with E-state index in [9.17, 15) is 4.39 Å². The van der Waals surface area contributed by atoms with E-state index in [4.69, 9.17) is 11.6 Å². The molecule has 2 N–H and O–H groups in total. The number of anilines is 3. The monoisotopic (exact) mass is 266 g/mol. The van der Waals surface area contributed by atoms with E-state index in [1.54, 1.807) is 6.07 Å². The molecule has 6 heteroatoms. The van der Waals surface area contributed by atoms with Crippen molar-refractivity contribution in [2.24, 2.45) is 0 Å². The molecule has 0 aliphatic heterocycles. The minimum absolute atomic E-state index is 0.358. The van der Waals surface area contributed by atoms with Gasteiger partial charge < -0.3 is 10.6 Å². The van der Waals surface area contributed by atoms with Crippen molar-refractivity contribution in [3.63, 3.8) is 0 Å². The molecule has 0 saturated heterocycles. The third-order valence-electron chi connectivity index (χ3n) is 2.22. The van der Waals surface area contributed by atoms with Crippen LogP contribution in [0.1, 0.15) is 6.92 Å². The van der Waals surface area contributed by atoms with Crippen molar-refractivity contribution in [2.45, 2.75) is 6.92 Å². The normalized spacial score (nSPS) is 10.2. The van der Waals surface area contributed by atoms with Gasteiger partial charge in [-0.3, -0.25) is 0 Å². The highest BCUT2D eigenvalue weighted by Crippen LogP contribution is 2.25. The molecule has 0 fully saturated rings. The summed E-state index contributed by atoms with van der Waals surface area (Å²) in [4.78, 5) is 8.09. The van der Waals surface area contributed by atoms with E-state index in [2.05, 4.69) is 20.6 Å². The van der Waals surface area contributed by atoms with Crippen LogP contribution in [0.5, 0.6) is 0 Å². The molecule has 0 unspecified atom stereocenters. The summed E-state index contributed by atoms with van der Waals surface area (Å²) in [5, 5.41) is 6.44. The molecule has 1 heterocycles. The predicted molar refractivity (Wildman–Crippen MR) is 70.9 cm³/mol. The van der Waals surface area contributed by atoms with Crippen LogP contribution in [-0.2, 0) is 0 Å². The number of nitrogens with one attached hydrogen (secondary N) is 2. The van der Waals surface area contributed by atoms with Crippen molar-refractivity contribution in [3.8, 4) is 0 Å². The molecule has 0 saturated carbocycles. The van der Waals surface area contributed by atoms with Gasteiger partial charge >= 0.3 is 0 Å². The summed E-state index contributed by atoms with van der Waals surface area (Å²) in [6.45, 7) is 2.73. The summed E-state index contributed by atoms with van der Waals surface area (Å²) in [7, 11) is 0. The van der Waals surface area contributed by atoms with Gasteiger partial charge in [-0.2, -0.15) is 0 Å². The molecule has 0 spiro atoms. The van der Waals surface area contributed by atoms with Gasteiger partial charge in [0, 0.05) is 12.6 Å². The van der Waals surface area contributed by atoms with E-state index in [0.717, 1.165) is 6.54 Å². The van der Waals surface area contributed by atoms with Gasteiger partial charge in [-0.15, -0.1) is 0 Å². The van der Waals surface area contributed by atoms with Gasteiger partial charge in [-0.25, -0.2) is 14.4 Å². The Morgan fingerprint density at radius 3 is 2.78 bits per heavy atom. The first-order valence-corrected chi connectivity index (χ1v) is 5.85. The number of benzene rings is 1. The number of hydrogen-bond donors (Lipinski definition) is 2. The van der Waals surface area contributed by atoms with E-state index in [0.29, 0.717) is 22.3 Å². The van der Waals surface area contributed by atoms with Crippen LogP contribution in [0.4, 0.5) is 21.7 Å². The summed E-state index contributed by atoms with van der Waals surface area (Å²) in [5.74, 6) is 0.888. The third kappa shape index (κ3) is 3.07. The molecule has 0 bridgehead atoms. The van der Waals surface area contributed by atoms with Gasteiger partial charge in [0.05, 0.1) is 10.7 Å². The molecule has 18 heavy (non-hydrogen) atoms. The molecule has 2 rings (SSSR count). The van der Waals surface area contributed by atoms with E-state index in [-0.39, 0.29) is 5.82 Å². The van der Waals surface area contributed by atoms with Crippen LogP contribution in [-0.4, -0.2) is 16.5 Å². The Labute approximate surface area is 109 Å². The number of rotatable bonds is 4. The van der Waals surface area contributed by atoms with Crippen LogP contribution < -0.4 is 10.6 Å². The number of hydrogen-bond acceptors (Lipinski definition) is 4. The van der Waals surface area contributed by atoms with E-state index in [1.807, 2.05) is 6.92 Å². The van der Waals surface area contributed by atoms with Crippen LogP contribution in [0.25, 0.3) is 0 Å². The van der Waals surface area contributed by atoms with Crippen LogP contribution in [0.3, 0.4) is 0 Å². The standard InChI is InChI=1S/C12H12ClFN4/c1-2-15-11-6-12(17-7-16-11)18-10-5-8(14)3-4-9(10)13/h3-7H,2H2,1H3,(H2,15,16,17,18). The Hall–Kier alpha value is -1.88. The first-order valence-electron chi connectivity index (χ1n) is 5.47. The smallest absolute Gasteiger partial charge is 0.135 e. The largest absolute Gasteiger partial charge is 0.370 e. The molecule has 1 aromatic carbocycles. The summed E-state index contributed by atoms with van der Waals surface area (Å²) in [6, 6.07) is 5.84. The molecule has 2 aromatic rings. The topological polar surface area (TPSA) is 49.8 Å². The molecule has 1 aromatic heterocycles. The quantitative estimate of drug-likeness (QED) is 0.890. The second kappa shape index (κ2) is 5.64. The lowest BCUT2D eigenvalue weighted by Crippen LogP contribution is -2.01. The minimum atomic E-state index is -0.358. The van der Waals surface area contributed by atoms with Gasteiger partial charge in [0.15, 0.2) is 0 Å². The summed E-state index contributed by atoms with van der Waals surface area (Å²) < 4.78 is 13.1. The molecule has 4 nitrogen and oxygen atoms in total. The minimum Gasteiger partial charge on any atom is -0.370 e. The van der Waals surface area contributed by atoms with Gasteiger partial charge in [0.25, 0.3) is 0 Å². The number of halogens is 2. The Balaban J connectivity index is 2.22. The summed E-state index contributed by atoms with van der Waals surface area (Å²) in [5.41, 5.74) is 0.470. The maximum absolute atomic E-state index is 13.1. The molecule has 0 atom stereocenters. The van der Waals surface area contributed by atoms with E-state index >= 15 is 0 Å². The van der Waals surface area contributed by atoms with Crippen LogP contribution in [0.2, 0.25) is 5.02 Å². The predicted octanol–water partition coefficient (Wildman–Crippen LogP) is 3.44. The highest BCUT2D eigenvalue weighted by Gasteiger charge is 2.04. The van der Waals surface area contributed by atoms with Crippen molar-refractivity contribution in [1.29, 1.82) is 0 Å². The summed E-state index contributed by atoms with van der Waals surface area (Å²) in [6.07, 6.45) is 1.42. The molecule has 0 amide bonds. The van der Waals surface area contributed by atoms with E-state index < -0.39 is 0 Å². The van der Waals surface area contributed by atoms with Crippen molar-refractivity contribution >= 4 is 28.9 Å².